The number of amides is 1. The molecule has 126 valence electrons. The minimum Gasteiger partial charge on any atom is -0.496 e. The second-order valence-electron chi connectivity index (χ2n) is 5.92. The van der Waals surface area contributed by atoms with E-state index in [1.165, 1.54) is 10.5 Å². The lowest BCUT2D eigenvalue weighted by molar-refractivity contribution is -0.917. The van der Waals surface area contributed by atoms with E-state index in [0.717, 1.165) is 32.7 Å². The lowest BCUT2D eigenvalue weighted by Crippen LogP contribution is -3.13. The largest absolute Gasteiger partial charge is 0.496 e. The van der Waals surface area contributed by atoms with E-state index >= 15 is 0 Å². The van der Waals surface area contributed by atoms with Crippen LogP contribution in [0.4, 0.5) is 0 Å². The maximum Gasteiger partial charge on any atom is 0.258 e. The normalized spacial score (nSPS) is 15.3. The molecule has 6 heteroatoms. The molecule has 1 fully saturated rings. The van der Waals surface area contributed by atoms with Gasteiger partial charge in [-0.2, -0.15) is 0 Å². The predicted molar refractivity (Wildman–Crippen MR) is 92.5 cm³/mol. The number of methoxy groups -OCH3 is 1. The highest BCUT2D eigenvalue weighted by Gasteiger charge is 2.26. The summed E-state index contributed by atoms with van der Waals surface area (Å²) in [5, 5.41) is 0.543. The molecule has 1 aliphatic rings. The van der Waals surface area contributed by atoms with Crippen LogP contribution in [-0.2, 0) is 6.54 Å². The van der Waals surface area contributed by atoms with Gasteiger partial charge in [-0.3, -0.25) is 9.78 Å². The third-order valence-corrected chi connectivity index (χ3v) is 4.59. The van der Waals surface area contributed by atoms with Crippen LogP contribution in [-0.4, -0.2) is 49.1 Å². The lowest BCUT2D eigenvalue weighted by atomic mass is 10.1. The van der Waals surface area contributed by atoms with Gasteiger partial charge in [-0.15, -0.1) is 0 Å². The summed E-state index contributed by atoms with van der Waals surface area (Å²) in [6.07, 6.45) is 3.64. The molecule has 2 aromatic rings. The highest BCUT2D eigenvalue weighted by atomic mass is 35.5. The summed E-state index contributed by atoms with van der Waals surface area (Å²) in [4.78, 5) is 20.2. The Morgan fingerprint density at radius 3 is 2.62 bits per heavy atom. The van der Waals surface area contributed by atoms with Crippen molar-refractivity contribution < 1.29 is 14.4 Å². The van der Waals surface area contributed by atoms with Crippen molar-refractivity contribution in [2.45, 2.75) is 6.54 Å². The van der Waals surface area contributed by atoms with Crippen LogP contribution in [0.2, 0.25) is 5.02 Å². The first kappa shape index (κ1) is 16.7. The van der Waals surface area contributed by atoms with Gasteiger partial charge in [-0.05, 0) is 30.3 Å². The van der Waals surface area contributed by atoms with Gasteiger partial charge in [-0.25, -0.2) is 0 Å². The van der Waals surface area contributed by atoms with E-state index < -0.39 is 0 Å². The minimum absolute atomic E-state index is 0.0164. The molecule has 0 unspecified atom stereocenters. The zero-order valence-electron chi connectivity index (χ0n) is 13.7. The molecule has 3 rings (SSSR count). The summed E-state index contributed by atoms with van der Waals surface area (Å²) in [6, 6.07) is 9.23. The van der Waals surface area contributed by atoms with Gasteiger partial charge in [0, 0.05) is 23.0 Å². The fraction of sp³-hybridized carbons (Fsp3) is 0.333. The van der Waals surface area contributed by atoms with Crippen molar-refractivity contribution in [2.24, 2.45) is 0 Å². The minimum atomic E-state index is -0.0164. The number of rotatable bonds is 4. The van der Waals surface area contributed by atoms with Crippen LogP contribution in [0.15, 0.2) is 42.7 Å². The maximum atomic E-state index is 12.8. The van der Waals surface area contributed by atoms with Gasteiger partial charge >= 0.3 is 0 Å². The second kappa shape index (κ2) is 7.64. The Morgan fingerprint density at radius 2 is 1.96 bits per heavy atom. The van der Waals surface area contributed by atoms with E-state index in [9.17, 15) is 4.79 Å². The Labute approximate surface area is 146 Å². The Hall–Kier alpha value is -2.11. The van der Waals surface area contributed by atoms with Gasteiger partial charge in [-0.1, -0.05) is 11.6 Å². The number of pyridine rings is 1. The number of nitrogens with zero attached hydrogens (tertiary/aromatic N) is 2. The van der Waals surface area contributed by atoms with Gasteiger partial charge in [0.15, 0.2) is 0 Å². The number of nitrogens with one attached hydrogen (secondary N) is 1. The van der Waals surface area contributed by atoms with E-state index in [4.69, 9.17) is 16.3 Å². The van der Waals surface area contributed by atoms with Crippen LogP contribution in [0.5, 0.6) is 5.75 Å². The Balaban J connectivity index is 1.62. The van der Waals surface area contributed by atoms with E-state index in [-0.39, 0.29) is 5.91 Å². The zero-order valence-corrected chi connectivity index (χ0v) is 14.4. The van der Waals surface area contributed by atoms with E-state index in [2.05, 4.69) is 4.98 Å². The maximum absolute atomic E-state index is 12.8. The van der Waals surface area contributed by atoms with Crippen molar-refractivity contribution in [3.8, 4) is 5.75 Å². The van der Waals surface area contributed by atoms with Crippen LogP contribution < -0.4 is 9.64 Å². The lowest BCUT2D eigenvalue weighted by Gasteiger charge is -2.32. The number of aromatic nitrogens is 1. The smallest absolute Gasteiger partial charge is 0.258 e. The average Bonchev–Trinajstić information content (AvgIpc) is 2.62. The number of quaternary nitrogens is 1. The van der Waals surface area contributed by atoms with Crippen molar-refractivity contribution in [1.82, 2.24) is 9.88 Å². The molecule has 24 heavy (non-hydrogen) atoms. The van der Waals surface area contributed by atoms with Crippen molar-refractivity contribution in [3.63, 3.8) is 0 Å². The molecule has 2 heterocycles. The van der Waals surface area contributed by atoms with Crippen molar-refractivity contribution in [2.75, 3.05) is 33.3 Å². The zero-order chi connectivity index (χ0) is 16.9. The molecule has 5 nitrogen and oxygen atoms in total. The fourth-order valence-corrected chi connectivity index (χ4v) is 3.18. The average molecular weight is 347 g/mol. The Bertz CT molecular complexity index is 701. The van der Waals surface area contributed by atoms with Crippen LogP contribution >= 0.6 is 11.6 Å². The molecule has 0 radical (unpaired) electrons. The number of piperazine rings is 1. The first-order chi connectivity index (χ1) is 11.7. The van der Waals surface area contributed by atoms with E-state index in [0.29, 0.717) is 16.3 Å². The first-order valence-electron chi connectivity index (χ1n) is 8.02. The van der Waals surface area contributed by atoms with Gasteiger partial charge in [0.1, 0.15) is 12.3 Å². The molecule has 1 aromatic carbocycles. The quantitative estimate of drug-likeness (QED) is 0.907. The van der Waals surface area contributed by atoms with Crippen LogP contribution in [0.1, 0.15) is 15.9 Å². The molecule has 0 spiro atoms. The second-order valence-corrected chi connectivity index (χ2v) is 6.36. The van der Waals surface area contributed by atoms with E-state index in [1.54, 1.807) is 25.3 Å². The molecule has 1 saturated heterocycles. The molecule has 0 saturated carbocycles. The third-order valence-electron chi connectivity index (χ3n) is 4.35. The van der Waals surface area contributed by atoms with Crippen molar-refractivity contribution in [3.05, 3.63) is 58.9 Å². The standard InChI is InChI=1S/C18H20ClN3O2/c1-24-17-3-2-15(19)12-16(17)18(23)22-10-8-21(9-11-22)13-14-4-6-20-7-5-14/h2-7,12H,8-11,13H2,1H3/p+1. The van der Waals surface area contributed by atoms with Gasteiger partial charge in [0.2, 0.25) is 0 Å². The molecule has 1 N–H and O–H groups in total. The number of benzene rings is 1. The SMILES string of the molecule is COc1ccc(Cl)cc1C(=O)N1CC[NH+](Cc2ccncc2)CC1. The van der Waals surface area contributed by atoms with E-state index in [1.807, 2.05) is 29.4 Å². The number of carbonyl (C=O) groups excluding carboxylic acids is 1. The van der Waals surface area contributed by atoms with Gasteiger partial charge < -0.3 is 14.5 Å². The van der Waals surface area contributed by atoms with Crippen molar-refractivity contribution in [1.29, 1.82) is 0 Å². The Kier molecular flexibility index (Phi) is 5.33. The van der Waals surface area contributed by atoms with Crippen molar-refractivity contribution >= 4 is 17.5 Å². The molecule has 1 amide bonds. The monoisotopic (exact) mass is 346 g/mol. The van der Waals surface area contributed by atoms with Gasteiger partial charge in [0.25, 0.3) is 5.91 Å². The molecule has 1 aliphatic heterocycles. The third kappa shape index (κ3) is 3.86. The van der Waals surface area contributed by atoms with Crippen LogP contribution in [0.3, 0.4) is 0 Å². The number of ether oxygens (including phenoxy) is 1. The molecule has 0 bridgehead atoms. The summed E-state index contributed by atoms with van der Waals surface area (Å²) in [6.45, 7) is 4.28. The molecular formula is C18H21ClN3O2+. The summed E-state index contributed by atoms with van der Waals surface area (Å²) in [5.74, 6) is 0.549. The summed E-state index contributed by atoms with van der Waals surface area (Å²) >= 11 is 6.03. The molecular weight excluding hydrogens is 326 g/mol. The summed E-state index contributed by atoms with van der Waals surface area (Å²) < 4.78 is 5.30. The number of carbonyl (C=O) groups is 1. The van der Waals surface area contributed by atoms with Crippen LogP contribution in [0.25, 0.3) is 0 Å². The summed E-state index contributed by atoms with van der Waals surface area (Å²) in [7, 11) is 1.57. The predicted octanol–water partition coefficient (Wildman–Crippen LogP) is 1.28. The number of halogens is 1. The molecule has 0 atom stereocenters. The topological polar surface area (TPSA) is 46.9 Å². The highest BCUT2D eigenvalue weighted by Crippen LogP contribution is 2.24. The van der Waals surface area contributed by atoms with Crippen LogP contribution in [0, 0.1) is 0 Å². The summed E-state index contributed by atoms with van der Waals surface area (Å²) in [5.41, 5.74) is 1.80. The Morgan fingerprint density at radius 1 is 1.25 bits per heavy atom. The number of hydrogen-bond acceptors (Lipinski definition) is 3. The highest BCUT2D eigenvalue weighted by molar-refractivity contribution is 6.31. The molecule has 0 aliphatic carbocycles. The molecule has 1 aromatic heterocycles. The number of hydrogen-bond donors (Lipinski definition) is 1. The van der Waals surface area contributed by atoms with Gasteiger partial charge in [0.05, 0.1) is 38.9 Å². The fourth-order valence-electron chi connectivity index (χ4n) is 3.01. The first-order valence-corrected chi connectivity index (χ1v) is 8.40.